The molecule has 0 aliphatic heterocycles. The molecule has 2 aromatic heterocycles. The maximum absolute atomic E-state index is 13.5. The van der Waals surface area contributed by atoms with Crippen LogP contribution in [-0.2, 0) is 25.6 Å². The van der Waals surface area contributed by atoms with E-state index in [2.05, 4.69) is 55.6 Å². The number of methoxy groups -OCH3 is 2. The molecule has 13 heteroatoms. The Balaban J connectivity index is 0.000000196. The number of nitrogens with one attached hydrogen (secondary N) is 1. The largest absolute Gasteiger partial charge is 0.397 e. The summed E-state index contributed by atoms with van der Waals surface area (Å²) in [6.07, 6.45) is 26.3. The molecule has 8 aliphatic rings. The van der Waals surface area contributed by atoms with E-state index >= 15 is 0 Å². The summed E-state index contributed by atoms with van der Waals surface area (Å²) < 4.78 is 13.4. The summed E-state index contributed by atoms with van der Waals surface area (Å²) in [4.78, 5) is 39.4. The first-order valence-corrected chi connectivity index (χ1v) is 26.9. The molecule has 8 aliphatic carbocycles. The molecular weight excluding hydrogens is 933 g/mol. The molecule has 0 unspecified atom stereocenters. The zero-order valence-corrected chi connectivity index (χ0v) is 42.9. The minimum atomic E-state index is -0.543. The number of carbonyl (C=O) groups is 2. The number of nitriles is 1. The lowest BCUT2D eigenvalue weighted by Crippen LogP contribution is -2.58. The lowest BCUT2D eigenvalue weighted by molar-refractivity contribution is -0.175. The Labute approximate surface area is 423 Å². The highest BCUT2D eigenvalue weighted by Gasteiger charge is 2.65. The van der Waals surface area contributed by atoms with Gasteiger partial charge in [0.25, 0.3) is 0 Å². The van der Waals surface area contributed by atoms with Gasteiger partial charge in [-0.15, -0.1) is 6.57 Å². The fourth-order valence-electron chi connectivity index (χ4n) is 17.9. The van der Waals surface area contributed by atoms with Gasteiger partial charge < -0.3 is 34.1 Å². The molecule has 384 valence electrons. The monoisotopic (exact) mass is 1020 g/mol. The molecule has 8 saturated carbocycles. The second-order valence-corrected chi connectivity index (χ2v) is 24.5. The topological polar surface area (TPSA) is 168 Å². The van der Waals surface area contributed by atoms with Gasteiger partial charge in [0.15, 0.2) is 5.78 Å². The van der Waals surface area contributed by atoms with Crippen molar-refractivity contribution in [1.29, 1.82) is 5.26 Å². The van der Waals surface area contributed by atoms with Crippen molar-refractivity contribution in [3.63, 3.8) is 0 Å². The van der Waals surface area contributed by atoms with Crippen LogP contribution in [0.4, 0.5) is 5.95 Å². The van der Waals surface area contributed by atoms with Crippen molar-refractivity contribution in [1.82, 2.24) is 19.5 Å². The Morgan fingerprint density at radius 3 is 1.68 bits per heavy atom. The minimum Gasteiger partial charge on any atom is -0.397 e. The van der Waals surface area contributed by atoms with E-state index in [1.165, 1.54) is 44.9 Å². The van der Waals surface area contributed by atoms with Gasteiger partial charge in [-0.05, 0) is 198 Å². The second kappa shape index (κ2) is 21.6. The number of hydrogen-bond donors (Lipinski definition) is 3. The lowest BCUT2D eigenvalue weighted by atomic mass is 9.43. The van der Waals surface area contributed by atoms with E-state index in [9.17, 15) is 25.1 Å². The minimum absolute atomic E-state index is 0. The van der Waals surface area contributed by atoms with Crippen LogP contribution in [0.3, 0.4) is 0 Å². The number of hydrogen-bond acceptors (Lipinski definition) is 9. The van der Waals surface area contributed by atoms with Crippen LogP contribution >= 0.6 is 15.9 Å². The molecule has 2 aromatic rings. The van der Waals surface area contributed by atoms with Gasteiger partial charge in [-0.1, -0.05) is 44.6 Å². The second-order valence-electron chi connectivity index (χ2n) is 24.0. The summed E-state index contributed by atoms with van der Waals surface area (Å²) >= 11 is 3.43. The number of nitrogens with zero attached hydrogens (tertiary/aromatic N) is 5. The number of H-pyrrole nitrogens is 1. The van der Waals surface area contributed by atoms with E-state index in [1.807, 2.05) is 28.1 Å². The van der Waals surface area contributed by atoms with Crippen molar-refractivity contribution in [3.05, 3.63) is 42.0 Å². The van der Waals surface area contributed by atoms with Gasteiger partial charge in [0.2, 0.25) is 5.82 Å². The number of ketones is 2. The van der Waals surface area contributed by atoms with E-state index in [4.69, 9.17) is 16.0 Å². The van der Waals surface area contributed by atoms with Crippen LogP contribution in [0.15, 0.2) is 24.8 Å². The third kappa shape index (κ3) is 10.1. The number of ether oxygens (including phenoxy) is 2. The molecule has 0 spiro atoms. The number of aliphatic hydroxyl groups is 2. The van der Waals surface area contributed by atoms with Crippen LogP contribution in [0.5, 0.6) is 0 Å². The molecule has 12 nitrogen and oxygen atoms in total. The van der Waals surface area contributed by atoms with Crippen LogP contribution in [0.1, 0.15) is 164 Å². The zero-order valence-electron chi connectivity index (χ0n) is 41.3. The van der Waals surface area contributed by atoms with Crippen LogP contribution in [-0.4, -0.2) is 85.3 Å². The average Bonchev–Trinajstić information content (AvgIpc) is 4.13. The quantitative estimate of drug-likeness (QED) is 0.164. The molecule has 10 rings (SSSR count). The summed E-state index contributed by atoms with van der Waals surface area (Å²) in [5.41, 5.74) is -0.363. The standard InChI is InChI=1S/C27H39N3O3.C23H37BrO3.C4H3N3.2CH4/c1-25(32)10-11-27(17-33-3)18(14-25)4-5-19-20-6-7-22(26(20,2)9-8-21(19)27)23(31)16-30-13-12-29-24(30)15-28;1-21(26)10-11-23(14-27-3)15(12-21)4-5-16-17-6-7-19(20(25)13-24)22(17,2)9-8-18(16)23;1-5-4-6-2-3-7-4;;/h12-13,18-22,32H,4-11,14,16-17H2,1-3H3;15-19,26H,4-14H2,1-3H3;2-3H,(H,6,7);2*1H4/t18-,19-,20-,21-,22+,25+,26-,27+;15-,16-,17-,18-,19+,21+,22-,23+;;;/m00.../s1. The van der Waals surface area contributed by atoms with E-state index in [0.717, 1.165) is 89.8 Å². The maximum atomic E-state index is 13.5. The predicted octanol–water partition coefficient (Wildman–Crippen LogP) is 11.6. The van der Waals surface area contributed by atoms with Crippen LogP contribution in [0, 0.1) is 98.7 Å². The van der Waals surface area contributed by atoms with Gasteiger partial charge in [-0.2, -0.15) is 10.2 Å². The van der Waals surface area contributed by atoms with Crippen LogP contribution in [0.2, 0.25) is 0 Å². The first-order chi connectivity index (χ1) is 31.9. The molecule has 8 fully saturated rings. The first-order valence-electron chi connectivity index (χ1n) is 25.8. The number of fused-ring (bicyclic) bond motifs is 10. The lowest BCUT2D eigenvalue weighted by Gasteiger charge is -2.62. The molecular formula is C56H87BrN6O6. The molecule has 0 amide bonds. The fourth-order valence-corrected chi connectivity index (χ4v) is 18.3. The number of imidazole rings is 2. The Morgan fingerprint density at radius 1 is 0.754 bits per heavy atom. The first kappa shape index (κ1) is 55.4. The Kier molecular flexibility index (Phi) is 17.4. The number of rotatable bonds is 9. The molecule has 0 aromatic carbocycles. The van der Waals surface area contributed by atoms with Crippen molar-refractivity contribution < 1.29 is 29.3 Å². The van der Waals surface area contributed by atoms with E-state index in [0.29, 0.717) is 64.3 Å². The van der Waals surface area contributed by atoms with Gasteiger partial charge >= 0.3 is 5.95 Å². The molecule has 69 heavy (non-hydrogen) atoms. The molecule has 0 bridgehead atoms. The highest BCUT2D eigenvalue weighted by atomic mass is 79.9. The summed E-state index contributed by atoms with van der Waals surface area (Å²) in [5.74, 6) is 6.83. The van der Waals surface area contributed by atoms with Gasteiger partial charge in [0, 0.05) is 38.4 Å². The third-order valence-electron chi connectivity index (χ3n) is 20.8. The number of aromatic nitrogens is 4. The summed E-state index contributed by atoms with van der Waals surface area (Å²) in [6, 6.07) is 2.09. The normalized spacial score (nSPS) is 42.4. The van der Waals surface area contributed by atoms with Crippen LogP contribution in [0.25, 0.3) is 4.85 Å². The van der Waals surface area contributed by atoms with Crippen molar-refractivity contribution in [2.45, 2.75) is 176 Å². The van der Waals surface area contributed by atoms with Crippen molar-refractivity contribution in [2.75, 3.05) is 32.8 Å². The Hall–Kier alpha value is -2.94. The van der Waals surface area contributed by atoms with Gasteiger partial charge in [0.1, 0.15) is 18.0 Å². The summed E-state index contributed by atoms with van der Waals surface area (Å²) in [7, 11) is 3.69. The summed E-state index contributed by atoms with van der Waals surface area (Å²) in [6.45, 7) is 17.1. The highest BCUT2D eigenvalue weighted by molar-refractivity contribution is 9.09. The smallest absolute Gasteiger partial charge is 0.336 e. The Morgan fingerprint density at radius 2 is 1.26 bits per heavy atom. The van der Waals surface area contributed by atoms with E-state index < -0.39 is 11.2 Å². The van der Waals surface area contributed by atoms with Gasteiger partial charge in [0.05, 0.1) is 42.5 Å². The summed E-state index contributed by atoms with van der Waals surface area (Å²) in [5, 5.41) is 31.3. The maximum Gasteiger partial charge on any atom is 0.336 e. The van der Waals surface area contributed by atoms with E-state index in [1.54, 1.807) is 29.4 Å². The van der Waals surface area contributed by atoms with Crippen molar-refractivity contribution in [3.8, 4) is 6.07 Å². The molecule has 0 saturated heterocycles. The highest BCUT2D eigenvalue weighted by Crippen LogP contribution is 2.70. The van der Waals surface area contributed by atoms with Crippen LogP contribution < -0.4 is 0 Å². The Bertz CT molecular complexity index is 2150. The molecule has 0 radical (unpaired) electrons. The van der Waals surface area contributed by atoms with Gasteiger partial charge in [-0.3, -0.25) is 9.59 Å². The number of halogens is 1. The number of carbonyl (C=O) groups excluding carboxylic acids is 2. The zero-order chi connectivity index (χ0) is 48.0. The fraction of sp³-hybridized carbons (Fsp3) is 0.821. The van der Waals surface area contributed by atoms with E-state index in [-0.39, 0.29) is 60.7 Å². The van der Waals surface area contributed by atoms with Gasteiger partial charge in [-0.25, -0.2) is 4.98 Å². The number of aromatic amines is 1. The van der Waals surface area contributed by atoms with Crippen molar-refractivity contribution in [2.24, 2.45) is 80.8 Å². The molecule has 16 atom stereocenters. The number of Topliss-reactive ketones (excluding diaryl/α,β-unsaturated/α-hetero) is 2. The predicted molar refractivity (Wildman–Crippen MR) is 273 cm³/mol. The molecule has 3 N–H and O–H groups in total. The number of alkyl halides is 1. The average molecular weight is 1020 g/mol. The third-order valence-corrected chi connectivity index (χ3v) is 21.3. The SMILES string of the molecule is C.C.COC[C@]12CC[C@@](C)(O)C[C@@H]1CC[C@H]1[C@@H]3CC[C@H](C(=O)CBr)[C@@]3(C)CC[C@@H]12.COC[C@]12CC[C@@](C)(O)C[C@@H]1CC[C@H]1[C@@H]3CC[C@H](C(=O)Cn4ccnc4C#N)[C@@]3(C)CC[C@@H]12.[C-]#[N+]c1ncc[nH]1. The molecule has 2 heterocycles. The van der Waals surface area contributed by atoms with Crippen molar-refractivity contribution >= 4 is 33.4 Å².